The van der Waals surface area contributed by atoms with E-state index in [-0.39, 0.29) is 10.9 Å². The molecular weight excluding hydrogens is 1500 g/mol. The van der Waals surface area contributed by atoms with E-state index in [1.807, 2.05) is 48.1 Å². The maximum atomic E-state index is 8.44. The number of aryl methyl sites for hydroxylation is 9. The van der Waals surface area contributed by atoms with Crippen molar-refractivity contribution in [3.63, 3.8) is 0 Å². The Hall–Kier alpha value is -2.72. The molecule has 0 fully saturated rings. The van der Waals surface area contributed by atoms with Gasteiger partial charge >= 0.3 is 0 Å². The van der Waals surface area contributed by atoms with Crippen LogP contribution in [0.15, 0.2) is 51.1 Å². The molecule has 3 aromatic rings. The van der Waals surface area contributed by atoms with Crippen molar-refractivity contribution >= 4 is 17.1 Å². The summed E-state index contributed by atoms with van der Waals surface area (Å²) in [5, 5.41) is 15.3. The summed E-state index contributed by atoms with van der Waals surface area (Å²) in [5.74, 6) is 0. The largest absolute Gasteiger partial charge is 0.565 e. The molecule has 0 spiro atoms. The van der Waals surface area contributed by atoms with E-state index >= 15 is 0 Å². The molecule has 3 nitrogen and oxygen atoms in total. The second kappa shape index (κ2) is 88.9. The normalized spacial score (nSPS) is 11.7. The number of unbranched alkanes of at least 4 members (excludes halogenated alkanes) is 72. The Morgan fingerprint density at radius 1 is 0.180 bits per heavy atom. The van der Waals surface area contributed by atoms with E-state index in [9.17, 15) is 0 Å². The molecule has 0 saturated heterocycles. The van der Waals surface area contributed by atoms with E-state index in [1.54, 1.807) is 16.7 Å². The van der Waals surface area contributed by atoms with Crippen LogP contribution in [-0.4, -0.2) is 11.3 Å². The van der Waals surface area contributed by atoms with Gasteiger partial charge in [-0.3, -0.25) is 0 Å². The van der Waals surface area contributed by atoms with Crippen LogP contribution in [0.2, 0.25) is 0 Å². The molecule has 710 valence electrons. The molecule has 0 saturated carbocycles. The van der Waals surface area contributed by atoms with Crippen LogP contribution in [0.4, 0.5) is 4.79 Å². The molecule has 4 heteroatoms. The van der Waals surface area contributed by atoms with Crippen LogP contribution < -0.4 is 5.11 Å². The summed E-state index contributed by atoms with van der Waals surface area (Å²) in [6.07, 6.45) is 123. The Morgan fingerprint density at radius 2 is 0.270 bits per heavy atom. The average Bonchev–Trinajstić information content (AvgIpc) is 0.740. The average molecular weight is 1710 g/mol. The van der Waals surface area contributed by atoms with Crippen LogP contribution in [0, 0.1) is 0 Å². The predicted molar refractivity (Wildman–Crippen MR) is 548 cm³/mol. The third-order valence-electron chi connectivity index (χ3n) is 27.5. The van der Waals surface area contributed by atoms with Crippen molar-refractivity contribution in [1.29, 1.82) is 0 Å². The van der Waals surface area contributed by atoms with Crippen molar-refractivity contribution in [2.24, 2.45) is 0 Å². The minimum atomic E-state index is -2.08. The maximum absolute atomic E-state index is 8.44. The second-order valence-electron chi connectivity index (χ2n) is 39.5. The third kappa shape index (κ3) is 64.9. The van der Waals surface area contributed by atoms with Crippen molar-refractivity contribution in [3.05, 3.63) is 86.5 Å². The fraction of sp³-hybridized carbons (Fsp3) is 0.839. The third-order valence-corrected chi connectivity index (χ3v) is 30.3. The monoisotopic (exact) mass is 1710 g/mol. The molecule has 0 atom stereocenters. The molecule has 0 unspecified atom stereocenters. The molecule has 3 aromatic carbocycles. The van der Waals surface area contributed by atoms with Crippen LogP contribution in [0.25, 0.3) is 0 Å². The maximum Gasteiger partial charge on any atom is 0.249 e. The lowest BCUT2D eigenvalue weighted by atomic mass is 9.94. The van der Waals surface area contributed by atoms with Gasteiger partial charge in [0, 0.05) is 33.4 Å². The summed E-state index contributed by atoms with van der Waals surface area (Å²) in [5.41, 5.74) is 16.1. The fourth-order valence-electron chi connectivity index (χ4n) is 19.8. The number of hydrogen-bond acceptors (Lipinski definition) is 2. The molecular formula is C118H214O3S. The molecule has 0 aliphatic rings. The van der Waals surface area contributed by atoms with Gasteiger partial charge in [0.25, 0.3) is 0 Å². The number of carboxylic acid groups (broad SMARTS) is 2. The van der Waals surface area contributed by atoms with Gasteiger partial charge in [-0.1, -0.05) is 561 Å². The zero-order valence-corrected chi connectivity index (χ0v) is 85.1. The molecule has 0 radical (unpaired) electrons. The second-order valence-corrected chi connectivity index (χ2v) is 41.3. The zero-order chi connectivity index (χ0) is 88.0. The first-order valence-corrected chi connectivity index (χ1v) is 57.5. The molecule has 0 heterocycles. The Morgan fingerprint density at radius 3 is 0.377 bits per heavy atom. The minimum absolute atomic E-state index is 0.232. The lowest BCUT2D eigenvalue weighted by Gasteiger charge is -2.26. The first-order chi connectivity index (χ1) is 60.2. The van der Waals surface area contributed by atoms with Gasteiger partial charge in [-0.15, -0.1) is 0 Å². The highest BCUT2D eigenvalue weighted by atomic mass is 32.2. The highest BCUT2D eigenvalue weighted by Crippen LogP contribution is 2.47. The summed E-state index contributed by atoms with van der Waals surface area (Å²) in [4.78, 5) is 14.1. The molecule has 1 N–H and O–H groups in total. The molecule has 0 amide bonds. The Kier molecular flexibility index (Phi) is 84.0. The zero-order valence-electron chi connectivity index (χ0n) is 84.3. The molecule has 0 bridgehead atoms. The summed E-state index contributed by atoms with van der Waals surface area (Å²) < 4.78 is 0. The number of benzene rings is 3. The van der Waals surface area contributed by atoms with Crippen LogP contribution in [0.1, 0.15) is 632 Å². The number of carbonyl (C=O) groups is 1. The van der Waals surface area contributed by atoms with Gasteiger partial charge in [0.2, 0.25) is 6.16 Å². The first-order valence-electron chi connectivity index (χ1n) is 56.3. The Labute approximate surface area is 768 Å². The van der Waals surface area contributed by atoms with Crippen LogP contribution >= 0.6 is 0 Å². The quantitative estimate of drug-likeness (QED) is 0.0453. The van der Waals surface area contributed by atoms with Crippen LogP contribution in [0.5, 0.6) is 0 Å². The lowest BCUT2D eigenvalue weighted by Crippen LogP contribution is -2.20. The SMILES string of the molecule is CCCCCCCCCCCc1cc(CCCCCCCCCCC)c([S+](c2c(CCCCCCCCCCC)cc(CCCCCCCCCCC)cc2CCCCCCCCCCC)c2c(CCCCCCCCCCC)cc(CCCCCCCCCCC)cc2CCCCCCCCCCC)c(CCCCCCCCCCC)c1.O=C([O-])O. The van der Waals surface area contributed by atoms with Gasteiger partial charge in [0.1, 0.15) is 10.9 Å². The summed E-state index contributed by atoms with van der Waals surface area (Å²) >= 11 is 0. The molecule has 3 rings (SSSR count). The molecule has 122 heavy (non-hydrogen) atoms. The highest BCUT2D eigenvalue weighted by Gasteiger charge is 2.42. The van der Waals surface area contributed by atoms with E-state index in [4.69, 9.17) is 15.0 Å². The molecule has 0 aliphatic heterocycles. The van der Waals surface area contributed by atoms with Crippen molar-refractivity contribution in [2.75, 3.05) is 0 Å². The number of rotatable bonds is 93. The molecule has 0 aromatic heterocycles. The summed E-state index contributed by atoms with van der Waals surface area (Å²) in [7, 11) is -0.232. The van der Waals surface area contributed by atoms with E-state index in [1.165, 1.54) is 578 Å². The van der Waals surface area contributed by atoms with E-state index in [0.29, 0.717) is 0 Å². The Balaban J connectivity index is 0.0000123. The standard InChI is InChI=1S/C117H213S.CH2O3/c1-10-19-28-37-46-55-64-73-82-91-106-100-109(94-85-76-67-58-49-40-31-22-13-4)115(110(101-106)95-86-77-68-59-50-41-32-23-14-5)118(116-111(96-87-78-69-60-51-42-33-24-15-6)102-107(92-83-74-65-56-47-38-29-20-11-2)103-112(116)97-88-79-70-61-52-43-34-25-16-7)117-113(98-89-80-71-62-53-44-35-26-17-8)104-108(93-84-75-66-57-48-39-30-21-12-3)105-114(117)99-90-81-72-63-54-45-36-27-18-9;2-1(3)4/h100-105H,10-99H2,1-9H3;(H2,2,3,4)/q+1;/p-1. The fourth-order valence-corrected chi connectivity index (χ4v) is 22.9. The van der Waals surface area contributed by atoms with Crippen molar-refractivity contribution in [2.45, 2.75) is 655 Å². The van der Waals surface area contributed by atoms with E-state index in [0.717, 1.165) is 0 Å². The van der Waals surface area contributed by atoms with E-state index in [2.05, 4.69) is 98.7 Å². The van der Waals surface area contributed by atoms with Crippen molar-refractivity contribution in [1.82, 2.24) is 0 Å². The van der Waals surface area contributed by atoms with Gasteiger partial charge in [-0.25, -0.2) is 0 Å². The predicted octanol–water partition coefficient (Wildman–Crippen LogP) is 40.3. The molecule has 0 aliphatic carbocycles. The lowest BCUT2D eigenvalue weighted by molar-refractivity contribution is -0.275. The summed E-state index contributed by atoms with van der Waals surface area (Å²) in [6, 6.07) is 17.9. The van der Waals surface area contributed by atoms with Gasteiger partial charge < -0.3 is 15.0 Å². The van der Waals surface area contributed by atoms with Gasteiger partial charge in [-0.05, 0) is 132 Å². The van der Waals surface area contributed by atoms with E-state index < -0.39 is 6.16 Å². The first kappa shape index (κ1) is 115. The van der Waals surface area contributed by atoms with Gasteiger partial charge in [0.15, 0.2) is 14.7 Å². The van der Waals surface area contributed by atoms with Crippen LogP contribution in [0.3, 0.4) is 0 Å². The smallest absolute Gasteiger partial charge is 0.249 e. The Bertz CT molecular complexity index is 2290. The van der Waals surface area contributed by atoms with Crippen molar-refractivity contribution in [3.8, 4) is 0 Å². The highest BCUT2D eigenvalue weighted by molar-refractivity contribution is 7.97. The van der Waals surface area contributed by atoms with Gasteiger partial charge in [0.05, 0.1) is 0 Å². The summed E-state index contributed by atoms with van der Waals surface area (Å²) in [6.45, 7) is 21.5. The number of hydrogen-bond donors (Lipinski definition) is 1. The topological polar surface area (TPSA) is 60.4 Å². The van der Waals surface area contributed by atoms with Crippen molar-refractivity contribution < 1.29 is 15.0 Å². The van der Waals surface area contributed by atoms with Gasteiger partial charge in [-0.2, -0.15) is 0 Å². The minimum Gasteiger partial charge on any atom is -0.565 e. The van der Waals surface area contributed by atoms with Crippen LogP contribution in [-0.2, 0) is 68.7 Å².